The summed E-state index contributed by atoms with van der Waals surface area (Å²) in [5.74, 6) is 0.00814. The van der Waals surface area contributed by atoms with Crippen LogP contribution in [0.5, 0.6) is 0 Å². The first-order chi connectivity index (χ1) is 10.1. The topological polar surface area (TPSA) is 84.8 Å². The van der Waals surface area contributed by atoms with Crippen LogP contribution in [0.4, 0.5) is 0 Å². The number of rotatable bonds is 7. The predicted molar refractivity (Wildman–Crippen MR) is 80.9 cm³/mol. The molecule has 0 aromatic heterocycles. The Bertz CT molecular complexity index is 340. The lowest BCUT2D eigenvalue weighted by Gasteiger charge is -2.24. The maximum Gasteiger partial charge on any atom is 0.234 e. The third kappa shape index (κ3) is 4.64. The molecule has 0 saturated carbocycles. The SMILES string of the molecule is CCCC[C@@H]1CCCN1CC(=O)NCC1NCC(O)C1O. The van der Waals surface area contributed by atoms with Gasteiger partial charge in [0.05, 0.1) is 24.8 Å². The fourth-order valence-corrected chi connectivity index (χ4v) is 3.31. The number of nitrogens with zero attached hydrogens (tertiary/aromatic N) is 1. The van der Waals surface area contributed by atoms with E-state index in [-0.39, 0.29) is 11.9 Å². The molecule has 2 heterocycles. The molecule has 6 nitrogen and oxygen atoms in total. The van der Waals surface area contributed by atoms with E-state index in [1.165, 1.54) is 32.1 Å². The second-order valence-corrected chi connectivity index (χ2v) is 6.29. The Kier molecular flexibility index (Phi) is 6.41. The number of hydrogen-bond acceptors (Lipinski definition) is 5. The molecule has 2 saturated heterocycles. The van der Waals surface area contributed by atoms with Gasteiger partial charge in [0, 0.05) is 19.1 Å². The Labute approximate surface area is 126 Å². The van der Waals surface area contributed by atoms with Crippen LogP contribution in [0.25, 0.3) is 0 Å². The molecule has 122 valence electrons. The van der Waals surface area contributed by atoms with Crippen LogP contribution in [0.3, 0.4) is 0 Å². The van der Waals surface area contributed by atoms with Gasteiger partial charge in [-0.25, -0.2) is 0 Å². The Morgan fingerprint density at radius 2 is 2.24 bits per heavy atom. The van der Waals surface area contributed by atoms with E-state index in [0.29, 0.717) is 25.7 Å². The van der Waals surface area contributed by atoms with Crippen LogP contribution in [0.1, 0.15) is 39.0 Å². The number of unbranched alkanes of at least 4 members (excludes halogenated alkanes) is 1. The van der Waals surface area contributed by atoms with Gasteiger partial charge in [-0.1, -0.05) is 19.8 Å². The maximum absolute atomic E-state index is 12.0. The Morgan fingerprint density at radius 1 is 1.43 bits per heavy atom. The molecule has 0 aromatic rings. The molecule has 0 aromatic carbocycles. The minimum absolute atomic E-state index is 0.00814. The lowest BCUT2D eigenvalue weighted by Crippen LogP contribution is -2.46. The number of β-amino-alcohol motifs (C(OH)–C–C–N with tert-alkyl or cyclic N) is 1. The van der Waals surface area contributed by atoms with Crippen LogP contribution in [-0.4, -0.2) is 71.5 Å². The third-order valence-electron chi connectivity index (χ3n) is 4.65. The normalized spacial score (nSPS) is 33.5. The van der Waals surface area contributed by atoms with Gasteiger partial charge in [0.2, 0.25) is 5.91 Å². The van der Waals surface area contributed by atoms with Crippen LogP contribution < -0.4 is 10.6 Å². The summed E-state index contributed by atoms with van der Waals surface area (Å²) in [5.41, 5.74) is 0. The highest BCUT2D eigenvalue weighted by Gasteiger charge is 2.33. The number of carbonyl (C=O) groups excluding carboxylic acids is 1. The Morgan fingerprint density at radius 3 is 2.90 bits per heavy atom. The zero-order valence-electron chi connectivity index (χ0n) is 12.9. The summed E-state index contributed by atoms with van der Waals surface area (Å²) < 4.78 is 0. The van der Waals surface area contributed by atoms with Gasteiger partial charge in [-0.15, -0.1) is 0 Å². The zero-order valence-corrected chi connectivity index (χ0v) is 12.9. The quantitative estimate of drug-likeness (QED) is 0.507. The number of carbonyl (C=O) groups is 1. The summed E-state index contributed by atoms with van der Waals surface area (Å²) in [6.07, 6.45) is 4.44. The molecule has 21 heavy (non-hydrogen) atoms. The lowest BCUT2D eigenvalue weighted by molar-refractivity contribution is -0.122. The van der Waals surface area contributed by atoms with Crippen molar-refractivity contribution in [2.75, 3.05) is 26.2 Å². The number of hydrogen-bond donors (Lipinski definition) is 4. The van der Waals surface area contributed by atoms with Gasteiger partial charge in [0.25, 0.3) is 0 Å². The maximum atomic E-state index is 12.0. The molecule has 0 spiro atoms. The molecule has 0 bridgehead atoms. The summed E-state index contributed by atoms with van der Waals surface area (Å²) in [4.78, 5) is 14.3. The zero-order chi connectivity index (χ0) is 15.2. The number of amides is 1. The Hall–Kier alpha value is -0.690. The minimum Gasteiger partial charge on any atom is -0.389 e. The third-order valence-corrected chi connectivity index (χ3v) is 4.65. The highest BCUT2D eigenvalue weighted by molar-refractivity contribution is 5.78. The van der Waals surface area contributed by atoms with E-state index in [1.54, 1.807) is 0 Å². The van der Waals surface area contributed by atoms with E-state index >= 15 is 0 Å². The van der Waals surface area contributed by atoms with Gasteiger partial charge in [0.1, 0.15) is 0 Å². The molecule has 0 radical (unpaired) electrons. The van der Waals surface area contributed by atoms with Gasteiger partial charge < -0.3 is 20.8 Å². The van der Waals surface area contributed by atoms with E-state index in [2.05, 4.69) is 22.5 Å². The van der Waals surface area contributed by atoms with Gasteiger partial charge in [-0.3, -0.25) is 9.69 Å². The van der Waals surface area contributed by atoms with Crippen molar-refractivity contribution >= 4 is 5.91 Å². The van der Waals surface area contributed by atoms with Crippen molar-refractivity contribution < 1.29 is 15.0 Å². The van der Waals surface area contributed by atoms with Crippen molar-refractivity contribution in [3.63, 3.8) is 0 Å². The lowest BCUT2D eigenvalue weighted by atomic mass is 10.1. The molecule has 4 N–H and O–H groups in total. The van der Waals surface area contributed by atoms with Gasteiger partial charge >= 0.3 is 0 Å². The fraction of sp³-hybridized carbons (Fsp3) is 0.933. The van der Waals surface area contributed by atoms with E-state index < -0.39 is 12.2 Å². The van der Waals surface area contributed by atoms with Crippen molar-refractivity contribution in [3.8, 4) is 0 Å². The smallest absolute Gasteiger partial charge is 0.234 e. The number of nitrogens with one attached hydrogen (secondary N) is 2. The van der Waals surface area contributed by atoms with E-state index in [0.717, 1.165) is 6.54 Å². The molecular weight excluding hydrogens is 270 g/mol. The summed E-state index contributed by atoms with van der Waals surface area (Å²) in [5, 5.41) is 25.0. The standard InChI is InChI=1S/C15H29N3O3/c1-2-3-5-11-6-4-7-18(11)10-14(20)17-8-12-15(21)13(19)9-16-12/h11-13,15-16,19,21H,2-10H2,1H3,(H,17,20)/t11-,12?,13?,15?/m1/s1. The van der Waals surface area contributed by atoms with Crippen LogP contribution in [0.15, 0.2) is 0 Å². The summed E-state index contributed by atoms with van der Waals surface area (Å²) >= 11 is 0. The average molecular weight is 299 g/mol. The first-order valence-electron chi connectivity index (χ1n) is 8.22. The second kappa shape index (κ2) is 8.08. The van der Waals surface area contributed by atoms with Crippen LogP contribution >= 0.6 is 0 Å². The largest absolute Gasteiger partial charge is 0.389 e. The predicted octanol–water partition coefficient (Wildman–Crippen LogP) is -0.549. The molecule has 1 amide bonds. The average Bonchev–Trinajstić information content (AvgIpc) is 3.03. The fourth-order valence-electron chi connectivity index (χ4n) is 3.31. The van der Waals surface area contributed by atoms with Gasteiger partial charge in [-0.05, 0) is 25.8 Å². The second-order valence-electron chi connectivity index (χ2n) is 6.29. The van der Waals surface area contributed by atoms with E-state index in [9.17, 15) is 15.0 Å². The van der Waals surface area contributed by atoms with Crippen molar-refractivity contribution in [3.05, 3.63) is 0 Å². The molecule has 0 aliphatic carbocycles. The van der Waals surface area contributed by atoms with Crippen LogP contribution in [0.2, 0.25) is 0 Å². The first kappa shape index (κ1) is 16.7. The van der Waals surface area contributed by atoms with Crippen molar-refractivity contribution in [1.82, 2.24) is 15.5 Å². The molecule has 2 aliphatic heterocycles. The monoisotopic (exact) mass is 299 g/mol. The highest BCUT2D eigenvalue weighted by atomic mass is 16.3. The van der Waals surface area contributed by atoms with Gasteiger partial charge in [-0.2, -0.15) is 0 Å². The number of likely N-dealkylation sites (tertiary alicyclic amines) is 1. The molecule has 2 fully saturated rings. The molecule has 3 unspecified atom stereocenters. The highest BCUT2D eigenvalue weighted by Crippen LogP contribution is 2.21. The van der Waals surface area contributed by atoms with Crippen LogP contribution in [0, 0.1) is 0 Å². The summed E-state index contributed by atoms with van der Waals surface area (Å²) in [7, 11) is 0. The number of aliphatic hydroxyl groups is 2. The first-order valence-corrected chi connectivity index (χ1v) is 8.22. The van der Waals surface area contributed by atoms with Crippen molar-refractivity contribution in [2.45, 2.75) is 63.3 Å². The Balaban J connectivity index is 1.69. The molecule has 2 aliphatic rings. The van der Waals surface area contributed by atoms with Crippen molar-refractivity contribution in [2.24, 2.45) is 0 Å². The minimum atomic E-state index is -0.797. The van der Waals surface area contributed by atoms with E-state index in [4.69, 9.17) is 0 Å². The summed E-state index contributed by atoms with van der Waals surface area (Å²) in [6.45, 7) is 4.39. The molecule has 2 rings (SSSR count). The molecule has 4 atom stereocenters. The summed E-state index contributed by atoms with van der Waals surface area (Å²) in [6, 6.07) is 0.297. The molecular formula is C15H29N3O3. The number of aliphatic hydroxyl groups excluding tert-OH is 2. The molecule has 6 heteroatoms. The van der Waals surface area contributed by atoms with Gasteiger partial charge in [0.15, 0.2) is 0 Å². The van der Waals surface area contributed by atoms with Crippen molar-refractivity contribution in [1.29, 1.82) is 0 Å². The van der Waals surface area contributed by atoms with Crippen LogP contribution in [-0.2, 0) is 4.79 Å². The van der Waals surface area contributed by atoms with E-state index in [1.807, 2.05) is 0 Å².